The highest BCUT2D eigenvalue weighted by Crippen LogP contribution is 2.16. The lowest BCUT2D eigenvalue weighted by Crippen LogP contribution is -2.30. The molecule has 1 heterocycles. The molecule has 3 atom stereocenters. The molecule has 0 aromatic rings. The predicted molar refractivity (Wildman–Crippen MR) is 59.9 cm³/mol. The molecule has 1 aliphatic heterocycles. The van der Waals surface area contributed by atoms with Crippen molar-refractivity contribution in [3.63, 3.8) is 0 Å². The maximum atomic E-state index is 9.83. The molecule has 0 amide bonds. The van der Waals surface area contributed by atoms with Crippen LogP contribution in [-0.4, -0.2) is 37.1 Å². The molecule has 15 heavy (non-hydrogen) atoms. The van der Waals surface area contributed by atoms with Gasteiger partial charge in [0, 0.05) is 12.5 Å². The van der Waals surface area contributed by atoms with Gasteiger partial charge in [0.15, 0.2) is 0 Å². The Labute approximate surface area is 92.8 Å². The van der Waals surface area contributed by atoms with E-state index in [1.54, 1.807) is 0 Å². The summed E-state index contributed by atoms with van der Waals surface area (Å²) in [6.07, 6.45) is 3.52. The fourth-order valence-corrected chi connectivity index (χ4v) is 1.96. The minimum atomic E-state index is -0.303. The molecule has 0 aromatic heterocycles. The molecule has 0 spiro atoms. The van der Waals surface area contributed by atoms with Gasteiger partial charge in [-0.25, -0.2) is 0 Å². The third-order valence-electron chi connectivity index (χ3n) is 2.99. The molecule has 3 heteroatoms. The third-order valence-corrected chi connectivity index (χ3v) is 2.99. The van der Waals surface area contributed by atoms with Crippen LogP contribution >= 0.6 is 0 Å². The first-order valence-electron chi connectivity index (χ1n) is 6.15. The summed E-state index contributed by atoms with van der Waals surface area (Å²) in [5.41, 5.74) is 0. The highest BCUT2D eigenvalue weighted by molar-refractivity contribution is 4.69. The Hall–Kier alpha value is -0.120. The minimum Gasteiger partial charge on any atom is -0.390 e. The highest BCUT2D eigenvalue weighted by Gasteiger charge is 2.21. The van der Waals surface area contributed by atoms with Crippen LogP contribution < -0.4 is 0 Å². The van der Waals surface area contributed by atoms with Gasteiger partial charge in [0.25, 0.3) is 0 Å². The quantitative estimate of drug-likeness (QED) is 0.707. The summed E-state index contributed by atoms with van der Waals surface area (Å²) in [7, 11) is 0. The first kappa shape index (κ1) is 12.9. The van der Waals surface area contributed by atoms with E-state index in [1.807, 2.05) is 0 Å². The molecule has 3 unspecified atom stereocenters. The van der Waals surface area contributed by atoms with Crippen molar-refractivity contribution < 1.29 is 14.6 Å². The van der Waals surface area contributed by atoms with E-state index in [0.717, 1.165) is 45.5 Å². The number of aliphatic hydroxyl groups is 1. The van der Waals surface area contributed by atoms with Gasteiger partial charge in [-0.05, 0) is 19.3 Å². The summed E-state index contributed by atoms with van der Waals surface area (Å²) in [4.78, 5) is 0. The van der Waals surface area contributed by atoms with Crippen LogP contribution in [0.4, 0.5) is 0 Å². The molecule has 1 N–H and O–H groups in total. The van der Waals surface area contributed by atoms with Gasteiger partial charge in [-0.1, -0.05) is 20.3 Å². The second kappa shape index (κ2) is 7.20. The maximum Gasteiger partial charge on any atom is 0.0831 e. The van der Waals surface area contributed by atoms with Gasteiger partial charge in [0.05, 0.1) is 25.4 Å². The molecule has 0 radical (unpaired) electrons. The molecule has 1 saturated heterocycles. The van der Waals surface area contributed by atoms with E-state index in [0.29, 0.717) is 5.92 Å². The van der Waals surface area contributed by atoms with E-state index >= 15 is 0 Å². The van der Waals surface area contributed by atoms with E-state index < -0.39 is 0 Å². The molecule has 1 aliphatic rings. The van der Waals surface area contributed by atoms with E-state index in [-0.39, 0.29) is 12.2 Å². The summed E-state index contributed by atoms with van der Waals surface area (Å²) in [5.74, 6) is 0.535. The van der Waals surface area contributed by atoms with E-state index in [9.17, 15) is 5.11 Å². The fourth-order valence-electron chi connectivity index (χ4n) is 1.96. The van der Waals surface area contributed by atoms with Gasteiger partial charge < -0.3 is 14.6 Å². The van der Waals surface area contributed by atoms with Crippen molar-refractivity contribution in [1.82, 2.24) is 0 Å². The normalized spacial score (nSPS) is 25.4. The Balaban J connectivity index is 2.19. The second-order valence-corrected chi connectivity index (χ2v) is 4.37. The number of hydrogen-bond acceptors (Lipinski definition) is 3. The summed E-state index contributed by atoms with van der Waals surface area (Å²) in [6, 6.07) is 0. The van der Waals surface area contributed by atoms with Crippen molar-refractivity contribution in [3.05, 3.63) is 0 Å². The smallest absolute Gasteiger partial charge is 0.0831 e. The lowest BCUT2D eigenvalue weighted by atomic mass is 10.1. The average Bonchev–Trinajstić information content (AvgIpc) is 2.72. The van der Waals surface area contributed by atoms with Gasteiger partial charge in [-0.3, -0.25) is 0 Å². The summed E-state index contributed by atoms with van der Waals surface area (Å²) in [5, 5.41) is 9.83. The molecular formula is C12H24O3. The van der Waals surface area contributed by atoms with Gasteiger partial charge in [-0.15, -0.1) is 0 Å². The van der Waals surface area contributed by atoms with Gasteiger partial charge in [-0.2, -0.15) is 0 Å². The van der Waals surface area contributed by atoms with Crippen LogP contribution in [-0.2, 0) is 9.47 Å². The molecule has 0 aromatic carbocycles. The Morgan fingerprint density at radius 3 is 2.80 bits per heavy atom. The summed E-state index contributed by atoms with van der Waals surface area (Å²) < 4.78 is 11.0. The van der Waals surface area contributed by atoms with Crippen molar-refractivity contribution in [2.24, 2.45) is 5.92 Å². The van der Waals surface area contributed by atoms with Crippen LogP contribution in [0, 0.1) is 5.92 Å². The zero-order valence-electron chi connectivity index (χ0n) is 9.95. The molecule has 0 aliphatic carbocycles. The minimum absolute atomic E-state index is 0.00514. The van der Waals surface area contributed by atoms with Crippen LogP contribution in [0.2, 0.25) is 0 Å². The number of ether oxygens (including phenoxy) is 2. The largest absolute Gasteiger partial charge is 0.390 e. The van der Waals surface area contributed by atoms with Crippen LogP contribution in [0.25, 0.3) is 0 Å². The van der Waals surface area contributed by atoms with Crippen LogP contribution in [0.15, 0.2) is 0 Å². The summed E-state index contributed by atoms with van der Waals surface area (Å²) in [6.45, 7) is 6.57. The Morgan fingerprint density at radius 2 is 2.27 bits per heavy atom. The van der Waals surface area contributed by atoms with Crippen LogP contribution in [0.5, 0.6) is 0 Å². The van der Waals surface area contributed by atoms with Crippen LogP contribution in [0.1, 0.15) is 39.5 Å². The van der Waals surface area contributed by atoms with Gasteiger partial charge in [0.1, 0.15) is 0 Å². The molecule has 1 fully saturated rings. The molecule has 0 bridgehead atoms. The molecular weight excluding hydrogens is 192 g/mol. The van der Waals surface area contributed by atoms with Crippen molar-refractivity contribution >= 4 is 0 Å². The topological polar surface area (TPSA) is 38.7 Å². The number of rotatable bonds is 7. The van der Waals surface area contributed by atoms with Crippen LogP contribution in [0.3, 0.4) is 0 Å². The first-order chi connectivity index (χ1) is 7.27. The van der Waals surface area contributed by atoms with Crippen molar-refractivity contribution in [3.8, 4) is 0 Å². The molecule has 3 nitrogen and oxygen atoms in total. The zero-order chi connectivity index (χ0) is 11.1. The van der Waals surface area contributed by atoms with Crippen molar-refractivity contribution in [2.75, 3.05) is 19.8 Å². The number of aliphatic hydroxyl groups excluding tert-OH is 1. The lowest BCUT2D eigenvalue weighted by molar-refractivity contribution is -0.0542. The second-order valence-electron chi connectivity index (χ2n) is 4.37. The monoisotopic (exact) mass is 216 g/mol. The Morgan fingerprint density at radius 1 is 1.47 bits per heavy atom. The highest BCUT2D eigenvalue weighted by atomic mass is 16.5. The standard InChI is InChI=1S/C12H24O3/c1-3-5-11(13)12(4-2)15-9-10-6-7-14-8-10/h10-13H,3-9H2,1-2H3. The molecule has 90 valence electrons. The van der Waals surface area contributed by atoms with Crippen molar-refractivity contribution in [2.45, 2.75) is 51.7 Å². The molecule has 0 saturated carbocycles. The fraction of sp³-hybridized carbons (Fsp3) is 1.00. The predicted octanol–water partition coefficient (Wildman–Crippen LogP) is 1.98. The molecule has 1 rings (SSSR count). The van der Waals surface area contributed by atoms with E-state index in [2.05, 4.69) is 13.8 Å². The lowest BCUT2D eigenvalue weighted by Gasteiger charge is -2.23. The summed E-state index contributed by atoms with van der Waals surface area (Å²) >= 11 is 0. The first-order valence-corrected chi connectivity index (χ1v) is 6.15. The number of hydrogen-bond donors (Lipinski definition) is 1. The average molecular weight is 216 g/mol. The third kappa shape index (κ3) is 4.49. The maximum absolute atomic E-state index is 9.83. The SMILES string of the molecule is CCCC(O)C(CC)OCC1CCOC1. The van der Waals surface area contributed by atoms with E-state index in [4.69, 9.17) is 9.47 Å². The van der Waals surface area contributed by atoms with Crippen molar-refractivity contribution in [1.29, 1.82) is 0 Å². The Bertz CT molecular complexity index is 155. The van der Waals surface area contributed by atoms with Gasteiger partial charge in [0.2, 0.25) is 0 Å². The Kier molecular flexibility index (Phi) is 6.22. The zero-order valence-corrected chi connectivity index (χ0v) is 9.95. The van der Waals surface area contributed by atoms with Gasteiger partial charge >= 0.3 is 0 Å². The van der Waals surface area contributed by atoms with E-state index in [1.165, 1.54) is 0 Å².